The first kappa shape index (κ1) is 13.9. The summed E-state index contributed by atoms with van der Waals surface area (Å²) >= 11 is 0. The number of hydrogen-bond donors (Lipinski definition) is 1. The Balaban J connectivity index is 1.70. The van der Waals surface area contributed by atoms with Crippen LogP contribution in [0.4, 0.5) is 4.39 Å². The molecule has 110 valence electrons. The van der Waals surface area contributed by atoms with Crippen molar-refractivity contribution in [1.82, 2.24) is 5.32 Å². The predicted octanol–water partition coefficient (Wildman–Crippen LogP) is 3.91. The molecule has 1 aromatic carbocycles. The van der Waals surface area contributed by atoms with Gasteiger partial charge in [0.05, 0.1) is 0 Å². The lowest BCUT2D eigenvalue weighted by Crippen LogP contribution is -2.63. The molecule has 1 aromatic rings. The van der Waals surface area contributed by atoms with Crippen LogP contribution in [-0.2, 0) is 0 Å². The van der Waals surface area contributed by atoms with Crippen LogP contribution in [0.5, 0.6) is 5.75 Å². The second kappa shape index (κ2) is 5.72. The fourth-order valence-electron chi connectivity index (χ4n) is 3.92. The van der Waals surface area contributed by atoms with E-state index in [0.29, 0.717) is 11.8 Å². The van der Waals surface area contributed by atoms with Gasteiger partial charge < -0.3 is 10.1 Å². The third-order valence-corrected chi connectivity index (χ3v) is 5.07. The monoisotopic (exact) mass is 277 g/mol. The average molecular weight is 277 g/mol. The molecular formula is C17H24FNO. The molecule has 0 radical (unpaired) electrons. The predicted molar refractivity (Wildman–Crippen MR) is 78.4 cm³/mol. The van der Waals surface area contributed by atoms with Gasteiger partial charge in [-0.25, -0.2) is 4.39 Å². The zero-order valence-corrected chi connectivity index (χ0v) is 12.2. The van der Waals surface area contributed by atoms with E-state index in [1.54, 1.807) is 12.1 Å². The van der Waals surface area contributed by atoms with Crippen molar-refractivity contribution >= 4 is 0 Å². The first-order valence-corrected chi connectivity index (χ1v) is 7.91. The second-order valence-electron chi connectivity index (χ2n) is 6.22. The zero-order chi connectivity index (χ0) is 14.0. The quantitative estimate of drug-likeness (QED) is 0.881. The molecule has 2 unspecified atom stereocenters. The summed E-state index contributed by atoms with van der Waals surface area (Å²) in [6, 6.07) is 7.32. The van der Waals surface area contributed by atoms with Gasteiger partial charge in [-0.2, -0.15) is 0 Å². The summed E-state index contributed by atoms with van der Waals surface area (Å²) in [6.45, 7) is 3.26. The van der Waals surface area contributed by atoms with Gasteiger partial charge in [0.25, 0.3) is 0 Å². The molecule has 0 saturated heterocycles. The third kappa shape index (κ3) is 2.32. The summed E-state index contributed by atoms with van der Waals surface area (Å²) < 4.78 is 19.8. The molecule has 0 bridgehead atoms. The van der Waals surface area contributed by atoms with Crippen molar-refractivity contribution in [2.75, 3.05) is 6.54 Å². The van der Waals surface area contributed by atoms with Gasteiger partial charge in [-0.15, -0.1) is 0 Å². The standard InChI is InChI=1S/C17H24FNO/c1-2-11-19-15-12-16(17(15)9-5-6-10-17)20-14-8-4-3-7-13(14)18/h3-4,7-8,15-16,19H,2,5-6,9-12H2,1H3. The minimum absolute atomic E-state index is 0.177. The summed E-state index contributed by atoms with van der Waals surface area (Å²) in [5, 5.41) is 3.66. The van der Waals surface area contributed by atoms with Crippen LogP contribution in [0.1, 0.15) is 45.4 Å². The van der Waals surface area contributed by atoms with Crippen molar-refractivity contribution in [3.63, 3.8) is 0 Å². The van der Waals surface area contributed by atoms with Gasteiger partial charge in [-0.3, -0.25) is 0 Å². The summed E-state index contributed by atoms with van der Waals surface area (Å²) in [7, 11) is 0. The smallest absolute Gasteiger partial charge is 0.165 e. The number of halogens is 1. The molecule has 2 aliphatic carbocycles. The Morgan fingerprint density at radius 1 is 1.30 bits per heavy atom. The summed E-state index contributed by atoms with van der Waals surface area (Å²) in [4.78, 5) is 0. The van der Waals surface area contributed by atoms with Crippen molar-refractivity contribution in [2.45, 2.75) is 57.6 Å². The molecule has 0 amide bonds. The maximum absolute atomic E-state index is 13.7. The summed E-state index contributed by atoms with van der Waals surface area (Å²) in [5.41, 5.74) is 0.247. The van der Waals surface area contributed by atoms with Crippen LogP contribution < -0.4 is 10.1 Å². The number of para-hydroxylation sites is 1. The van der Waals surface area contributed by atoms with Crippen LogP contribution in [0.3, 0.4) is 0 Å². The highest BCUT2D eigenvalue weighted by Crippen LogP contribution is 2.54. The van der Waals surface area contributed by atoms with E-state index in [9.17, 15) is 4.39 Å². The van der Waals surface area contributed by atoms with Crippen LogP contribution in [0.15, 0.2) is 24.3 Å². The molecule has 20 heavy (non-hydrogen) atoms. The lowest BCUT2D eigenvalue weighted by atomic mass is 9.60. The second-order valence-corrected chi connectivity index (χ2v) is 6.22. The van der Waals surface area contributed by atoms with Crippen LogP contribution >= 0.6 is 0 Å². The van der Waals surface area contributed by atoms with E-state index in [2.05, 4.69) is 12.2 Å². The first-order valence-electron chi connectivity index (χ1n) is 7.91. The fraction of sp³-hybridized carbons (Fsp3) is 0.647. The third-order valence-electron chi connectivity index (χ3n) is 5.07. The molecule has 2 aliphatic rings. The summed E-state index contributed by atoms with van der Waals surface area (Å²) in [6.07, 6.45) is 7.33. The number of rotatable bonds is 5. The van der Waals surface area contributed by atoms with Crippen LogP contribution in [-0.4, -0.2) is 18.7 Å². The van der Waals surface area contributed by atoms with Crippen molar-refractivity contribution in [3.8, 4) is 5.75 Å². The van der Waals surface area contributed by atoms with Crippen LogP contribution in [0.2, 0.25) is 0 Å². The zero-order valence-electron chi connectivity index (χ0n) is 12.2. The number of benzene rings is 1. The highest BCUT2D eigenvalue weighted by atomic mass is 19.1. The molecule has 2 atom stereocenters. The van der Waals surface area contributed by atoms with Crippen molar-refractivity contribution in [3.05, 3.63) is 30.1 Å². The topological polar surface area (TPSA) is 21.3 Å². The van der Waals surface area contributed by atoms with Gasteiger partial charge in [-0.05, 0) is 37.9 Å². The Morgan fingerprint density at radius 3 is 2.75 bits per heavy atom. The first-order chi connectivity index (χ1) is 9.76. The molecule has 3 heteroatoms. The van der Waals surface area contributed by atoms with Gasteiger partial charge in [0.15, 0.2) is 11.6 Å². The molecule has 1 spiro atoms. The minimum Gasteiger partial charge on any atom is -0.487 e. The van der Waals surface area contributed by atoms with Crippen molar-refractivity contribution in [2.24, 2.45) is 5.41 Å². The normalized spacial score (nSPS) is 27.5. The fourth-order valence-corrected chi connectivity index (χ4v) is 3.92. The lowest BCUT2D eigenvalue weighted by molar-refractivity contribution is -0.0774. The molecule has 0 heterocycles. The number of ether oxygens (including phenoxy) is 1. The summed E-state index contributed by atoms with van der Waals surface area (Å²) in [5.74, 6) is 0.170. The molecule has 0 aliphatic heterocycles. The van der Waals surface area contributed by atoms with E-state index >= 15 is 0 Å². The largest absolute Gasteiger partial charge is 0.487 e. The molecular weight excluding hydrogens is 253 g/mol. The highest BCUT2D eigenvalue weighted by Gasteiger charge is 2.57. The SMILES string of the molecule is CCCNC1CC(Oc2ccccc2F)C12CCCC2. The molecule has 1 N–H and O–H groups in total. The van der Waals surface area contributed by atoms with Gasteiger partial charge >= 0.3 is 0 Å². The van der Waals surface area contributed by atoms with E-state index in [1.165, 1.54) is 31.7 Å². The number of nitrogens with one attached hydrogen (secondary N) is 1. The number of hydrogen-bond acceptors (Lipinski definition) is 2. The van der Waals surface area contributed by atoms with Crippen molar-refractivity contribution in [1.29, 1.82) is 0 Å². The Morgan fingerprint density at radius 2 is 2.05 bits per heavy atom. The Labute approximate surface area is 120 Å². The van der Waals surface area contributed by atoms with Crippen molar-refractivity contribution < 1.29 is 9.13 Å². The Bertz CT molecular complexity index is 456. The lowest BCUT2D eigenvalue weighted by Gasteiger charge is -2.54. The minimum atomic E-state index is -0.245. The van der Waals surface area contributed by atoms with Gasteiger partial charge in [0.1, 0.15) is 6.10 Å². The van der Waals surface area contributed by atoms with Gasteiger partial charge in [0.2, 0.25) is 0 Å². The Kier molecular flexibility index (Phi) is 3.97. The van der Waals surface area contributed by atoms with Crippen LogP contribution in [0.25, 0.3) is 0 Å². The van der Waals surface area contributed by atoms with E-state index in [0.717, 1.165) is 19.4 Å². The molecule has 2 fully saturated rings. The van der Waals surface area contributed by atoms with E-state index in [-0.39, 0.29) is 17.3 Å². The highest BCUT2D eigenvalue weighted by molar-refractivity contribution is 5.25. The maximum atomic E-state index is 13.7. The Hall–Kier alpha value is -1.09. The molecule has 3 rings (SSSR count). The van der Waals surface area contributed by atoms with E-state index in [4.69, 9.17) is 4.74 Å². The van der Waals surface area contributed by atoms with Gasteiger partial charge in [-0.1, -0.05) is 31.9 Å². The molecule has 2 nitrogen and oxygen atoms in total. The molecule has 0 aromatic heterocycles. The van der Waals surface area contributed by atoms with Gasteiger partial charge in [0, 0.05) is 17.9 Å². The van der Waals surface area contributed by atoms with E-state index in [1.807, 2.05) is 6.07 Å². The van der Waals surface area contributed by atoms with Crippen LogP contribution in [0, 0.1) is 11.2 Å². The average Bonchev–Trinajstić information content (AvgIpc) is 2.96. The maximum Gasteiger partial charge on any atom is 0.165 e. The van der Waals surface area contributed by atoms with E-state index < -0.39 is 0 Å². The molecule has 2 saturated carbocycles.